The first-order valence-corrected chi connectivity index (χ1v) is 10.1. The quantitative estimate of drug-likeness (QED) is 0.526. The standard InChI is InChI=1S/C18H20BrNO5S/c1-12-8-13(2)10-14(9-12)25-7-6-20-26(22,23)15-4-5-17(19)16(11-15)18(21)24-3/h4-5,8-11,20H,6-7H2,1-3H3. The molecule has 140 valence electrons. The van der Waals surface area contributed by atoms with Gasteiger partial charge in [0.1, 0.15) is 12.4 Å². The van der Waals surface area contributed by atoms with Crippen LogP contribution in [0, 0.1) is 13.8 Å². The lowest BCUT2D eigenvalue weighted by Gasteiger charge is -2.11. The number of carbonyl (C=O) groups is 1. The smallest absolute Gasteiger partial charge is 0.339 e. The van der Waals surface area contributed by atoms with E-state index in [1.54, 1.807) is 0 Å². The number of nitrogens with one attached hydrogen (secondary N) is 1. The average Bonchev–Trinajstić information content (AvgIpc) is 2.57. The topological polar surface area (TPSA) is 81.7 Å². The Morgan fingerprint density at radius 2 is 1.77 bits per heavy atom. The minimum Gasteiger partial charge on any atom is -0.492 e. The van der Waals surface area contributed by atoms with Gasteiger partial charge >= 0.3 is 5.97 Å². The summed E-state index contributed by atoms with van der Waals surface area (Å²) >= 11 is 3.20. The molecular formula is C18H20BrNO5S. The first kappa shape index (κ1) is 20.4. The summed E-state index contributed by atoms with van der Waals surface area (Å²) in [7, 11) is -2.54. The van der Waals surface area contributed by atoms with Crippen molar-refractivity contribution >= 4 is 31.9 Å². The van der Waals surface area contributed by atoms with Gasteiger partial charge in [-0.05, 0) is 71.2 Å². The minimum absolute atomic E-state index is 0.0208. The summed E-state index contributed by atoms with van der Waals surface area (Å²) < 4.78 is 37.9. The van der Waals surface area contributed by atoms with E-state index in [2.05, 4.69) is 25.4 Å². The van der Waals surface area contributed by atoms with Gasteiger partial charge in [-0.3, -0.25) is 0 Å². The number of sulfonamides is 1. The molecular weight excluding hydrogens is 422 g/mol. The summed E-state index contributed by atoms with van der Waals surface area (Å²) in [6.07, 6.45) is 0. The Morgan fingerprint density at radius 1 is 1.12 bits per heavy atom. The number of hydrogen-bond acceptors (Lipinski definition) is 5. The van der Waals surface area contributed by atoms with Crippen LogP contribution in [0.15, 0.2) is 45.8 Å². The number of esters is 1. The fourth-order valence-corrected chi connectivity index (χ4v) is 3.83. The van der Waals surface area contributed by atoms with E-state index in [0.717, 1.165) is 11.1 Å². The van der Waals surface area contributed by atoms with Crippen LogP contribution in [0.25, 0.3) is 0 Å². The Balaban J connectivity index is 2.01. The van der Waals surface area contributed by atoms with Crippen LogP contribution >= 0.6 is 15.9 Å². The van der Waals surface area contributed by atoms with Crippen molar-refractivity contribution in [1.29, 1.82) is 0 Å². The Morgan fingerprint density at radius 3 is 2.38 bits per heavy atom. The van der Waals surface area contributed by atoms with Crippen molar-refractivity contribution in [3.8, 4) is 5.75 Å². The van der Waals surface area contributed by atoms with Crippen molar-refractivity contribution in [2.75, 3.05) is 20.3 Å². The van der Waals surface area contributed by atoms with Gasteiger partial charge in [0.15, 0.2) is 0 Å². The monoisotopic (exact) mass is 441 g/mol. The van der Waals surface area contributed by atoms with Gasteiger partial charge in [0.25, 0.3) is 0 Å². The number of hydrogen-bond donors (Lipinski definition) is 1. The Labute approximate surface area is 161 Å². The van der Waals surface area contributed by atoms with E-state index in [-0.39, 0.29) is 23.6 Å². The Hall–Kier alpha value is -1.90. The van der Waals surface area contributed by atoms with Gasteiger partial charge in [0, 0.05) is 11.0 Å². The van der Waals surface area contributed by atoms with Crippen LogP contribution in [0.3, 0.4) is 0 Å². The highest BCUT2D eigenvalue weighted by Gasteiger charge is 2.18. The first-order valence-electron chi connectivity index (χ1n) is 7.81. The predicted octanol–water partition coefficient (Wildman–Crippen LogP) is 3.21. The van der Waals surface area contributed by atoms with E-state index >= 15 is 0 Å². The van der Waals surface area contributed by atoms with Gasteiger partial charge in [0.05, 0.1) is 17.6 Å². The van der Waals surface area contributed by atoms with E-state index < -0.39 is 16.0 Å². The minimum atomic E-state index is -3.77. The van der Waals surface area contributed by atoms with Gasteiger partial charge < -0.3 is 9.47 Å². The molecule has 0 saturated carbocycles. The molecule has 2 aromatic rings. The number of carbonyl (C=O) groups excluding carboxylic acids is 1. The Kier molecular flexibility index (Phi) is 6.80. The maximum Gasteiger partial charge on any atom is 0.339 e. The van der Waals surface area contributed by atoms with Crippen LogP contribution < -0.4 is 9.46 Å². The van der Waals surface area contributed by atoms with E-state index in [4.69, 9.17) is 4.74 Å². The van der Waals surface area contributed by atoms with E-state index in [9.17, 15) is 13.2 Å². The second kappa shape index (κ2) is 8.66. The van der Waals surface area contributed by atoms with Crippen LogP contribution in [0.4, 0.5) is 0 Å². The second-order valence-electron chi connectivity index (χ2n) is 5.70. The van der Waals surface area contributed by atoms with Gasteiger partial charge in [-0.15, -0.1) is 0 Å². The van der Waals surface area contributed by atoms with Crippen molar-refractivity contribution in [1.82, 2.24) is 4.72 Å². The zero-order valence-corrected chi connectivity index (χ0v) is 17.1. The molecule has 0 bridgehead atoms. The van der Waals surface area contributed by atoms with Crippen LogP contribution in [0.5, 0.6) is 5.75 Å². The molecule has 0 aliphatic carbocycles. The van der Waals surface area contributed by atoms with Gasteiger partial charge in [0.2, 0.25) is 10.0 Å². The molecule has 0 unspecified atom stereocenters. The lowest BCUT2D eigenvalue weighted by Crippen LogP contribution is -2.28. The largest absolute Gasteiger partial charge is 0.492 e. The molecule has 2 aromatic carbocycles. The molecule has 2 rings (SSSR count). The van der Waals surface area contributed by atoms with E-state index in [0.29, 0.717) is 10.2 Å². The zero-order chi connectivity index (χ0) is 19.3. The van der Waals surface area contributed by atoms with E-state index in [1.807, 2.05) is 32.0 Å². The Bertz CT molecular complexity index is 892. The lowest BCUT2D eigenvalue weighted by molar-refractivity contribution is 0.0599. The van der Waals surface area contributed by atoms with Crippen molar-refractivity contribution in [2.45, 2.75) is 18.7 Å². The summed E-state index contributed by atoms with van der Waals surface area (Å²) in [5.41, 5.74) is 2.29. The average molecular weight is 442 g/mol. The maximum atomic E-state index is 12.4. The zero-order valence-electron chi connectivity index (χ0n) is 14.7. The van der Waals surface area contributed by atoms with E-state index in [1.165, 1.54) is 25.3 Å². The summed E-state index contributed by atoms with van der Waals surface area (Å²) in [5, 5.41) is 0. The molecule has 0 fully saturated rings. The number of methoxy groups -OCH3 is 1. The summed E-state index contributed by atoms with van der Waals surface area (Å²) in [4.78, 5) is 11.7. The fraction of sp³-hybridized carbons (Fsp3) is 0.278. The molecule has 0 aliphatic rings. The van der Waals surface area contributed by atoms with Crippen LogP contribution in [-0.2, 0) is 14.8 Å². The number of benzene rings is 2. The van der Waals surface area contributed by atoms with Crippen LogP contribution in [0.1, 0.15) is 21.5 Å². The first-order chi connectivity index (χ1) is 12.2. The molecule has 26 heavy (non-hydrogen) atoms. The highest BCUT2D eigenvalue weighted by atomic mass is 79.9. The number of halogens is 1. The number of rotatable bonds is 7. The van der Waals surface area contributed by atoms with Gasteiger partial charge in [-0.1, -0.05) is 6.07 Å². The van der Waals surface area contributed by atoms with Crippen LogP contribution in [0.2, 0.25) is 0 Å². The van der Waals surface area contributed by atoms with Crippen molar-refractivity contribution in [3.05, 3.63) is 57.6 Å². The molecule has 0 heterocycles. The molecule has 6 nitrogen and oxygen atoms in total. The molecule has 0 atom stereocenters. The number of aryl methyl sites for hydroxylation is 2. The maximum absolute atomic E-state index is 12.4. The molecule has 0 radical (unpaired) electrons. The molecule has 1 N–H and O–H groups in total. The molecule has 8 heteroatoms. The molecule has 0 saturated heterocycles. The number of ether oxygens (including phenoxy) is 2. The van der Waals surface area contributed by atoms with Crippen molar-refractivity contribution < 1.29 is 22.7 Å². The fourth-order valence-electron chi connectivity index (χ4n) is 2.38. The highest BCUT2D eigenvalue weighted by Crippen LogP contribution is 2.22. The molecule has 0 amide bonds. The highest BCUT2D eigenvalue weighted by molar-refractivity contribution is 9.10. The van der Waals surface area contributed by atoms with Crippen molar-refractivity contribution in [3.63, 3.8) is 0 Å². The molecule has 0 aliphatic heterocycles. The van der Waals surface area contributed by atoms with Gasteiger partial charge in [-0.25, -0.2) is 17.9 Å². The third-order valence-electron chi connectivity index (χ3n) is 3.51. The molecule has 0 aromatic heterocycles. The van der Waals surface area contributed by atoms with Crippen molar-refractivity contribution in [2.24, 2.45) is 0 Å². The van der Waals surface area contributed by atoms with Gasteiger partial charge in [-0.2, -0.15) is 0 Å². The third kappa shape index (κ3) is 5.30. The molecule has 0 spiro atoms. The van der Waals surface area contributed by atoms with Crippen LogP contribution in [-0.4, -0.2) is 34.6 Å². The SMILES string of the molecule is COC(=O)c1cc(S(=O)(=O)NCCOc2cc(C)cc(C)c2)ccc1Br. The third-order valence-corrected chi connectivity index (χ3v) is 5.66. The predicted molar refractivity (Wildman–Crippen MR) is 102 cm³/mol. The summed E-state index contributed by atoms with van der Waals surface area (Å²) in [6.45, 7) is 4.21. The lowest BCUT2D eigenvalue weighted by atomic mass is 10.1. The summed E-state index contributed by atoms with van der Waals surface area (Å²) in [6, 6.07) is 9.97. The second-order valence-corrected chi connectivity index (χ2v) is 8.32. The summed E-state index contributed by atoms with van der Waals surface area (Å²) in [5.74, 6) is 0.0744. The normalized spacial score (nSPS) is 11.2.